The van der Waals surface area contributed by atoms with E-state index in [1.54, 1.807) is 39.8 Å². The Bertz CT molecular complexity index is 2170. The van der Waals surface area contributed by atoms with E-state index in [2.05, 4.69) is 0 Å². The highest BCUT2D eigenvalue weighted by Crippen LogP contribution is 2.44. The Morgan fingerprint density at radius 1 is 0.598 bits per heavy atom. The third kappa shape index (κ3) is 18.2. The number of allylic oxidation sites excluding steroid dienone is 8. The van der Waals surface area contributed by atoms with Crippen molar-refractivity contribution in [1.82, 2.24) is 0 Å². The van der Waals surface area contributed by atoms with E-state index in [0.29, 0.717) is 38.5 Å². The highest BCUT2D eigenvalue weighted by molar-refractivity contribution is 5.83. The Morgan fingerprint density at radius 2 is 1.09 bits per heavy atom. The van der Waals surface area contributed by atoms with E-state index in [1.165, 1.54) is 19.3 Å². The van der Waals surface area contributed by atoms with Gasteiger partial charge in [0, 0.05) is 86.9 Å². The lowest BCUT2D eigenvalue weighted by atomic mass is 9.80. The quantitative estimate of drug-likeness (QED) is 0.0625. The van der Waals surface area contributed by atoms with Crippen LogP contribution in [0.2, 0.25) is 0 Å². The van der Waals surface area contributed by atoms with Crippen LogP contribution in [0, 0.1) is 35.5 Å². The number of aliphatic hydroxyl groups excluding tert-OH is 7. The van der Waals surface area contributed by atoms with E-state index in [9.17, 15) is 50.4 Å². The number of rotatable bonds is 19. The molecule has 0 amide bonds. The fraction of sp³-hybridized carbons (Fsp3) is 0.778. The van der Waals surface area contributed by atoms with Crippen molar-refractivity contribution >= 4 is 11.9 Å². The summed E-state index contributed by atoms with van der Waals surface area (Å²) in [5.74, 6) is -6.99. The van der Waals surface area contributed by atoms with Crippen molar-refractivity contribution in [3.63, 3.8) is 0 Å². The number of carbonyl (C=O) groups is 2. The molecule has 5 aliphatic rings. The Labute approximate surface area is 487 Å². The van der Waals surface area contributed by atoms with E-state index in [4.69, 9.17) is 42.6 Å². The third-order valence-electron chi connectivity index (χ3n) is 18.0. The standard InChI is InChI=1S/C63H102O19/c1-14-41-22-20-24-43(16-3)59(35(7)48(65)31-62(73)33-50(45(18-5)37(9)81-62)78-61-58(72)57(71)56(70)40(12)76-61)79-52(67)28-26-42(15-2)23-21-25-44(17-4)60(80-53(68)29-27-41)36(8)49(66)32-63(74-13)34-51(46(19-6)38(10)82-63)77-54-30-47(64)55(69)39(11)75-54/h20-29,35-40,43-51,54-61,64-66,69-73H,14-19,30-34H2,1-13H3/b24-20-,25-21-,28-26-,29-27-,41-22-,42-23-/t35-,36+,37-,38+,39-,40+,43-,44+,45-,46+,47+,48-,49+,50+,51-,54+,55-,56-,57-,58+,59+,60+,61-,62-,63-/m1/s1. The minimum absolute atomic E-state index is 0.0139. The van der Waals surface area contributed by atoms with Crippen LogP contribution in [0.3, 0.4) is 0 Å². The summed E-state index contributed by atoms with van der Waals surface area (Å²) in [5.41, 5.74) is 1.56. The van der Waals surface area contributed by atoms with Crippen molar-refractivity contribution in [2.45, 2.75) is 269 Å². The Hall–Kier alpha value is -3.22. The van der Waals surface area contributed by atoms with Gasteiger partial charge in [-0.05, 0) is 77.4 Å². The number of aliphatic hydroxyl groups is 8. The van der Waals surface area contributed by atoms with Gasteiger partial charge in [0.2, 0.25) is 0 Å². The zero-order valence-electron chi connectivity index (χ0n) is 50.9. The second kappa shape index (κ2) is 32.0. The molecule has 0 unspecified atom stereocenters. The minimum Gasteiger partial charge on any atom is -0.458 e. The Morgan fingerprint density at radius 3 is 1.56 bits per heavy atom. The first kappa shape index (κ1) is 69.6. The van der Waals surface area contributed by atoms with Crippen LogP contribution < -0.4 is 0 Å². The summed E-state index contributed by atoms with van der Waals surface area (Å²) in [6, 6.07) is 0. The van der Waals surface area contributed by atoms with Crippen LogP contribution in [0.5, 0.6) is 0 Å². The lowest BCUT2D eigenvalue weighted by molar-refractivity contribution is -0.346. The molecule has 8 N–H and O–H groups in total. The number of cyclic esters (lactones) is 2. The van der Waals surface area contributed by atoms with Gasteiger partial charge in [-0.1, -0.05) is 104 Å². The van der Waals surface area contributed by atoms with E-state index in [0.717, 1.165) is 11.1 Å². The molecule has 0 saturated carbocycles. The Kier molecular flexibility index (Phi) is 27.1. The predicted molar refractivity (Wildman–Crippen MR) is 306 cm³/mol. The van der Waals surface area contributed by atoms with Crippen LogP contribution >= 0.6 is 0 Å². The SMILES string of the molecule is CCC1=C/C=C\[C@@H](CC)[C@H]([C@H](C)[C@H](O)C[C@]2(O)C[C@H](O[C@H]3O[C@@H](C)[C@@H](O)[C@@H](O)[C@@H]3O)[C@H](CC)[C@@H](C)O2)OC(=O)\C=C/C(CC)=C\C=C/[C@H](CC)[C@H]([C@@H](C)[C@@H](O)C[C@]2(OC)C[C@@H](O[C@H]3C[C@H](O)[C@H](O)[C@@H](C)O3)[C@@H](CC)[C@H](C)O2)OC(=O)/C=C\1. The largest absolute Gasteiger partial charge is 0.458 e. The summed E-state index contributed by atoms with van der Waals surface area (Å²) >= 11 is 0. The van der Waals surface area contributed by atoms with Crippen LogP contribution in [-0.4, -0.2) is 176 Å². The van der Waals surface area contributed by atoms with Gasteiger partial charge in [-0.15, -0.1) is 0 Å². The molecule has 19 heteroatoms. The number of carbonyl (C=O) groups excluding carboxylic acids is 2. The topological polar surface area (TPSA) is 279 Å². The van der Waals surface area contributed by atoms with Crippen molar-refractivity contribution in [2.24, 2.45) is 35.5 Å². The van der Waals surface area contributed by atoms with Crippen molar-refractivity contribution in [3.8, 4) is 0 Å². The maximum absolute atomic E-state index is 14.0. The monoisotopic (exact) mass is 1160 g/mol. The molecule has 4 fully saturated rings. The van der Waals surface area contributed by atoms with Crippen LogP contribution in [0.15, 0.2) is 71.9 Å². The number of hydrogen-bond acceptors (Lipinski definition) is 19. The van der Waals surface area contributed by atoms with Gasteiger partial charge in [0.15, 0.2) is 24.2 Å². The minimum atomic E-state index is -1.92. The smallest absolute Gasteiger partial charge is 0.331 e. The molecule has 5 aliphatic heterocycles. The average molecular weight is 1160 g/mol. The molecular weight excluding hydrogens is 1060 g/mol. The Balaban J connectivity index is 1.39. The van der Waals surface area contributed by atoms with Gasteiger partial charge in [-0.25, -0.2) is 9.59 Å². The maximum Gasteiger partial charge on any atom is 0.331 e. The lowest BCUT2D eigenvalue weighted by Gasteiger charge is -2.49. The zero-order chi connectivity index (χ0) is 60.8. The second-order valence-corrected chi connectivity index (χ2v) is 23.7. The normalized spacial score (nSPS) is 43.7. The molecule has 19 nitrogen and oxygen atoms in total. The molecule has 5 heterocycles. The molecule has 0 aromatic heterocycles. The van der Waals surface area contributed by atoms with Crippen molar-refractivity contribution in [3.05, 3.63) is 71.9 Å². The zero-order valence-corrected chi connectivity index (χ0v) is 50.9. The summed E-state index contributed by atoms with van der Waals surface area (Å²) in [6.07, 6.45) is 4.49. The molecule has 5 rings (SSSR count). The van der Waals surface area contributed by atoms with Crippen molar-refractivity contribution in [2.75, 3.05) is 7.11 Å². The van der Waals surface area contributed by atoms with Gasteiger partial charge in [-0.2, -0.15) is 0 Å². The molecule has 468 valence electrons. The highest BCUT2D eigenvalue weighted by Gasteiger charge is 2.52. The van der Waals surface area contributed by atoms with E-state index < -0.39 is 139 Å². The molecule has 0 aromatic rings. The predicted octanol–water partition coefficient (Wildman–Crippen LogP) is 6.70. The van der Waals surface area contributed by atoms with Crippen LogP contribution in [0.25, 0.3) is 0 Å². The van der Waals surface area contributed by atoms with Gasteiger partial charge in [0.05, 0.1) is 54.9 Å². The second-order valence-electron chi connectivity index (χ2n) is 23.7. The number of methoxy groups -OCH3 is 1. The van der Waals surface area contributed by atoms with Crippen LogP contribution in [0.4, 0.5) is 0 Å². The molecule has 0 spiro atoms. The molecular formula is C63H102O19. The summed E-state index contributed by atoms with van der Waals surface area (Å²) in [7, 11) is 1.53. The lowest BCUT2D eigenvalue weighted by Crippen LogP contribution is -2.60. The van der Waals surface area contributed by atoms with E-state index >= 15 is 0 Å². The highest BCUT2D eigenvalue weighted by atomic mass is 16.7. The first-order valence-corrected chi connectivity index (χ1v) is 30.3. The summed E-state index contributed by atoms with van der Waals surface area (Å²) in [5, 5.41) is 88.8. The van der Waals surface area contributed by atoms with E-state index in [-0.39, 0.29) is 56.0 Å². The molecule has 0 bridgehead atoms. The van der Waals surface area contributed by atoms with Crippen LogP contribution in [-0.2, 0) is 52.2 Å². The van der Waals surface area contributed by atoms with Crippen LogP contribution in [0.1, 0.15) is 154 Å². The first-order valence-electron chi connectivity index (χ1n) is 30.3. The van der Waals surface area contributed by atoms with Crippen molar-refractivity contribution in [1.29, 1.82) is 0 Å². The van der Waals surface area contributed by atoms with Gasteiger partial charge in [0.1, 0.15) is 36.6 Å². The summed E-state index contributed by atoms with van der Waals surface area (Å²) in [6.45, 7) is 22.4. The summed E-state index contributed by atoms with van der Waals surface area (Å²) < 4.78 is 56.1. The molecule has 25 atom stereocenters. The summed E-state index contributed by atoms with van der Waals surface area (Å²) in [4.78, 5) is 27.9. The molecule has 82 heavy (non-hydrogen) atoms. The van der Waals surface area contributed by atoms with Gasteiger partial charge >= 0.3 is 11.9 Å². The molecule has 0 aromatic carbocycles. The molecule has 4 saturated heterocycles. The number of hydrogen-bond donors (Lipinski definition) is 8. The number of ether oxygens (including phenoxy) is 9. The fourth-order valence-corrected chi connectivity index (χ4v) is 12.6. The fourth-order valence-electron chi connectivity index (χ4n) is 12.6. The van der Waals surface area contributed by atoms with Gasteiger partial charge in [0.25, 0.3) is 0 Å². The first-order chi connectivity index (χ1) is 38.8. The van der Waals surface area contributed by atoms with Crippen molar-refractivity contribution < 1.29 is 93.1 Å². The van der Waals surface area contributed by atoms with Gasteiger partial charge in [-0.3, -0.25) is 0 Å². The molecule has 0 aliphatic carbocycles. The number of esters is 2. The van der Waals surface area contributed by atoms with E-state index in [1.807, 2.05) is 91.8 Å². The average Bonchev–Trinajstić information content (AvgIpc) is 3.43. The maximum atomic E-state index is 14.0. The molecule has 0 radical (unpaired) electrons. The van der Waals surface area contributed by atoms with Gasteiger partial charge < -0.3 is 83.5 Å². The third-order valence-corrected chi connectivity index (χ3v) is 18.0.